The molecule has 0 spiro atoms. The highest BCUT2D eigenvalue weighted by atomic mass is 16.5. The fraction of sp³-hybridized carbons (Fsp3) is 0.235. The smallest absolute Gasteiger partial charge is 0.343 e. The monoisotopic (exact) mass is 522 g/mol. The quantitative estimate of drug-likeness (QED) is 0.126. The van der Waals surface area contributed by atoms with Crippen LogP contribution in [0.4, 0.5) is 0 Å². The summed E-state index contributed by atoms with van der Waals surface area (Å²) in [5.41, 5.74) is 5.20. The minimum absolute atomic E-state index is 0.000923. The van der Waals surface area contributed by atoms with Gasteiger partial charge in [0.05, 0.1) is 12.7 Å². The lowest BCUT2D eigenvalue weighted by atomic mass is 9.73. The Hall–Kier alpha value is -4.38. The zero-order valence-corrected chi connectivity index (χ0v) is 23.3. The topological polar surface area (TPSA) is 61.8 Å². The number of rotatable bonds is 9. The van der Waals surface area contributed by atoms with Crippen molar-refractivity contribution in [1.29, 1.82) is 0 Å². The van der Waals surface area contributed by atoms with Gasteiger partial charge in [-0.15, -0.1) is 0 Å². The van der Waals surface area contributed by atoms with Crippen LogP contribution < -0.4 is 14.2 Å². The maximum Gasteiger partial charge on any atom is 0.343 e. The molecule has 0 aromatic heterocycles. The summed E-state index contributed by atoms with van der Waals surface area (Å²) in [4.78, 5) is 24.3. The van der Waals surface area contributed by atoms with E-state index in [4.69, 9.17) is 14.2 Å². The first kappa shape index (κ1) is 27.6. The van der Waals surface area contributed by atoms with E-state index in [1.807, 2.05) is 25.1 Å². The summed E-state index contributed by atoms with van der Waals surface area (Å²) >= 11 is 0. The number of carbonyl (C=O) groups is 2. The number of hydrogen-bond donors (Lipinski definition) is 0. The number of Topliss-reactive ketones (excluding diaryl/α,β-unsaturated/α-hetero) is 1. The fourth-order valence-electron chi connectivity index (χ4n) is 4.62. The zero-order valence-electron chi connectivity index (χ0n) is 23.3. The van der Waals surface area contributed by atoms with Crippen LogP contribution >= 0.6 is 0 Å². The third-order valence-electron chi connectivity index (χ3n) is 7.34. The van der Waals surface area contributed by atoms with E-state index in [1.165, 1.54) is 12.5 Å². The molecule has 0 aliphatic carbocycles. The Balaban J connectivity index is 1.47. The van der Waals surface area contributed by atoms with Crippen molar-refractivity contribution >= 4 is 11.8 Å². The standard InChI is InChI=1S/C34H34O5/c1-7-34(5,27-12-18-31(37-6)22(2)20-27)28-13-19-32(23(3)21-28)39-33(36)26-10-16-30(17-11-26)38-29-14-8-25(9-15-29)24(4)35/h8-21H,7H2,1-6H3. The van der Waals surface area contributed by atoms with Crippen LogP contribution in [-0.4, -0.2) is 18.9 Å². The van der Waals surface area contributed by atoms with Crippen molar-refractivity contribution in [3.63, 3.8) is 0 Å². The molecule has 0 heterocycles. The summed E-state index contributed by atoms with van der Waals surface area (Å²) < 4.78 is 17.0. The Labute approximate surface area is 230 Å². The number of methoxy groups -OCH3 is 1. The minimum atomic E-state index is -0.438. The van der Waals surface area contributed by atoms with E-state index in [0.29, 0.717) is 28.4 Å². The number of hydrogen-bond acceptors (Lipinski definition) is 5. The predicted molar refractivity (Wildman–Crippen MR) is 154 cm³/mol. The second-order valence-electron chi connectivity index (χ2n) is 9.95. The summed E-state index contributed by atoms with van der Waals surface area (Å²) in [5.74, 6) is 2.15. The molecule has 5 nitrogen and oxygen atoms in total. The van der Waals surface area contributed by atoms with Gasteiger partial charge in [0.25, 0.3) is 0 Å². The third-order valence-corrected chi connectivity index (χ3v) is 7.34. The Bertz CT molecular complexity index is 1490. The Kier molecular flexibility index (Phi) is 8.20. The molecule has 4 aromatic rings. The van der Waals surface area contributed by atoms with Gasteiger partial charge in [-0.3, -0.25) is 4.79 Å². The van der Waals surface area contributed by atoms with Gasteiger partial charge in [-0.05, 0) is 110 Å². The van der Waals surface area contributed by atoms with Gasteiger partial charge >= 0.3 is 5.97 Å². The van der Waals surface area contributed by atoms with Crippen LogP contribution in [0.15, 0.2) is 84.9 Å². The molecular weight excluding hydrogens is 488 g/mol. The molecule has 4 rings (SSSR count). The molecule has 0 N–H and O–H groups in total. The molecule has 39 heavy (non-hydrogen) atoms. The van der Waals surface area contributed by atoms with E-state index in [1.54, 1.807) is 55.6 Å². The van der Waals surface area contributed by atoms with Crippen LogP contribution in [0.5, 0.6) is 23.0 Å². The molecule has 4 aromatic carbocycles. The molecule has 0 amide bonds. The molecule has 0 saturated heterocycles. The highest BCUT2D eigenvalue weighted by Crippen LogP contribution is 2.38. The molecule has 1 unspecified atom stereocenters. The van der Waals surface area contributed by atoms with Gasteiger partial charge in [-0.1, -0.05) is 38.1 Å². The molecule has 0 aliphatic heterocycles. The van der Waals surface area contributed by atoms with Gasteiger partial charge in [-0.2, -0.15) is 0 Å². The molecule has 0 fully saturated rings. The third kappa shape index (κ3) is 6.04. The SMILES string of the molecule is CCC(C)(c1ccc(OC)c(C)c1)c1ccc(OC(=O)c2ccc(Oc3ccc(C(C)=O)cc3)cc2)c(C)c1. The fourth-order valence-corrected chi connectivity index (χ4v) is 4.62. The number of aryl methyl sites for hydroxylation is 2. The van der Waals surface area contributed by atoms with E-state index in [9.17, 15) is 9.59 Å². The number of carbonyl (C=O) groups excluding carboxylic acids is 2. The Morgan fingerprint density at radius 2 is 1.21 bits per heavy atom. The van der Waals surface area contributed by atoms with Crippen LogP contribution in [0.1, 0.15) is 70.2 Å². The molecule has 0 saturated carbocycles. The van der Waals surface area contributed by atoms with Crippen LogP contribution in [0.25, 0.3) is 0 Å². The highest BCUT2D eigenvalue weighted by molar-refractivity contribution is 5.94. The number of ketones is 1. The van der Waals surface area contributed by atoms with E-state index in [0.717, 1.165) is 28.9 Å². The van der Waals surface area contributed by atoms with Crippen molar-refractivity contribution in [2.24, 2.45) is 0 Å². The second kappa shape index (κ2) is 11.6. The van der Waals surface area contributed by atoms with Gasteiger partial charge in [0, 0.05) is 11.0 Å². The van der Waals surface area contributed by atoms with Gasteiger partial charge < -0.3 is 14.2 Å². The molecule has 1 atom stereocenters. The lowest BCUT2D eigenvalue weighted by molar-refractivity contribution is 0.0733. The lowest BCUT2D eigenvalue weighted by Crippen LogP contribution is -2.23. The van der Waals surface area contributed by atoms with Gasteiger partial charge in [0.15, 0.2) is 5.78 Å². The molecule has 0 bridgehead atoms. The first-order valence-corrected chi connectivity index (χ1v) is 13.0. The van der Waals surface area contributed by atoms with E-state index in [2.05, 4.69) is 39.0 Å². The van der Waals surface area contributed by atoms with Crippen molar-refractivity contribution in [2.75, 3.05) is 7.11 Å². The van der Waals surface area contributed by atoms with E-state index >= 15 is 0 Å². The Morgan fingerprint density at radius 1 is 0.718 bits per heavy atom. The van der Waals surface area contributed by atoms with E-state index in [-0.39, 0.29) is 11.2 Å². The summed E-state index contributed by atoms with van der Waals surface area (Å²) in [5, 5.41) is 0. The van der Waals surface area contributed by atoms with Crippen molar-refractivity contribution < 1.29 is 23.8 Å². The molecule has 0 radical (unpaired) electrons. The second-order valence-corrected chi connectivity index (χ2v) is 9.95. The van der Waals surface area contributed by atoms with Crippen molar-refractivity contribution in [1.82, 2.24) is 0 Å². The van der Waals surface area contributed by atoms with Crippen LogP contribution in [-0.2, 0) is 5.41 Å². The van der Waals surface area contributed by atoms with Crippen molar-refractivity contribution in [3.8, 4) is 23.0 Å². The first-order valence-electron chi connectivity index (χ1n) is 13.0. The van der Waals surface area contributed by atoms with Crippen molar-refractivity contribution in [3.05, 3.63) is 118 Å². The summed E-state index contributed by atoms with van der Waals surface area (Å²) in [6.45, 7) is 9.94. The van der Waals surface area contributed by atoms with Gasteiger partial charge in [0.1, 0.15) is 23.0 Å². The van der Waals surface area contributed by atoms with Gasteiger partial charge in [-0.25, -0.2) is 4.79 Å². The normalized spacial score (nSPS) is 12.4. The van der Waals surface area contributed by atoms with Gasteiger partial charge in [0.2, 0.25) is 0 Å². The lowest BCUT2D eigenvalue weighted by Gasteiger charge is -2.31. The number of ether oxygens (including phenoxy) is 3. The minimum Gasteiger partial charge on any atom is -0.496 e. The first-order chi connectivity index (χ1) is 18.6. The zero-order chi connectivity index (χ0) is 28.2. The Morgan fingerprint density at radius 3 is 1.64 bits per heavy atom. The van der Waals surface area contributed by atoms with Crippen LogP contribution in [0.3, 0.4) is 0 Å². The predicted octanol–water partition coefficient (Wildman–Crippen LogP) is 8.24. The van der Waals surface area contributed by atoms with E-state index < -0.39 is 5.97 Å². The molecule has 200 valence electrons. The maximum absolute atomic E-state index is 12.9. The summed E-state index contributed by atoms with van der Waals surface area (Å²) in [6, 6.07) is 26.0. The maximum atomic E-state index is 12.9. The molecular formula is C34H34O5. The largest absolute Gasteiger partial charge is 0.496 e. The number of esters is 1. The van der Waals surface area contributed by atoms with Crippen molar-refractivity contribution in [2.45, 2.75) is 46.5 Å². The molecule has 5 heteroatoms. The summed E-state index contributed by atoms with van der Waals surface area (Å²) in [7, 11) is 1.68. The number of benzene rings is 4. The van der Waals surface area contributed by atoms with Crippen LogP contribution in [0, 0.1) is 13.8 Å². The molecule has 0 aliphatic rings. The average molecular weight is 523 g/mol. The highest BCUT2D eigenvalue weighted by Gasteiger charge is 2.28. The summed E-state index contributed by atoms with van der Waals surface area (Å²) in [6.07, 6.45) is 0.909. The average Bonchev–Trinajstić information content (AvgIpc) is 2.94. The van der Waals surface area contributed by atoms with Crippen LogP contribution in [0.2, 0.25) is 0 Å².